The van der Waals surface area contributed by atoms with E-state index in [1.54, 1.807) is 12.1 Å². The predicted octanol–water partition coefficient (Wildman–Crippen LogP) is 1.05. The third-order valence-corrected chi connectivity index (χ3v) is 3.09. The van der Waals surface area contributed by atoms with Gasteiger partial charge in [0.2, 0.25) is 0 Å². The van der Waals surface area contributed by atoms with Gasteiger partial charge in [0.15, 0.2) is 0 Å². The molecule has 0 amide bonds. The zero-order chi connectivity index (χ0) is 13.1. The van der Waals surface area contributed by atoms with Crippen LogP contribution < -0.4 is 4.90 Å². The first-order chi connectivity index (χ1) is 8.67. The normalized spacial score (nSPS) is 14.6. The van der Waals surface area contributed by atoms with Crippen LogP contribution >= 0.6 is 0 Å². The zero-order valence-corrected chi connectivity index (χ0v) is 9.95. The van der Waals surface area contributed by atoms with Gasteiger partial charge >= 0.3 is 0 Å². The lowest BCUT2D eigenvalue weighted by molar-refractivity contribution is -0.385. The van der Waals surface area contributed by atoms with Crippen molar-refractivity contribution in [1.82, 2.24) is 0 Å². The quantitative estimate of drug-likeness (QED) is 0.583. The van der Waals surface area contributed by atoms with E-state index in [0.717, 1.165) is 18.5 Å². The van der Waals surface area contributed by atoms with Crippen LogP contribution in [0.5, 0.6) is 0 Å². The van der Waals surface area contributed by atoms with Gasteiger partial charge in [0.05, 0.1) is 23.7 Å². The summed E-state index contributed by atoms with van der Waals surface area (Å²) >= 11 is 0. The third-order valence-electron chi connectivity index (χ3n) is 3.09. The first-order valence-corrected chi connectivity index (χ1v) is 5.93. The lowest BCUT2D eigenvalue weighted by Crippen LogP contribution is -2.28. The molecule has 1 saturated carbocycles. The molecule has 1 aromatic rings. The molecule has 0 radical (unpaired) electrons. The number of nitro benzene ring substituents is 1. The molecule has 1 aromatic carbocycles. The van der Waals surface area contributed by atoms with E-state index in [1.165, 1.54) is 6.07 Å². The van der Waals surface area contributed by atoms with Gasteiger partial charge in [0.1, 0.15) is 0 Å². The minimum absolute atomic E-state index is 0.0436. The highest BCUT2D eigenvalue weighted by molar-refractivity contribution is 5.56. The Morgan fingerprint density at radius 3 is 2.61 bits per heavy atom. The van der Waals surface area contributed by atoms with Gasteiger partial charge in [-0.05, 0) is 25.0 Å². The van der Waals surface area contributed by atoms with E-state index in [-0.39, 0.29) is 18.9 Å². The Morgan fingerprint density at radius 1 is 1.39 bits per heavy atom. The molecule has 0 unspecified atom stereocenters. The molecule has 1 aliphatic carbocycles. The standard InChI is InChI=1S/C12H16N2O4/c15-6-5-13(10-1-2-10)11-3-4-12(14(17)18)9(7-11)8-16/h3-4,7,10,15-16H,1-2,5-6,8H2. The van der Waals surface area contributed by atoms with Crippen molar-refractivity contribution in [3.63, 3.8) is 0 Å². The van der Waals surface area contributed by atoms with Gasteiger partial charge in [-0.3, -0.25) is 10.1 Å². The van der Waals surface area contributed by atoms with Crippen molar-refractivity contribution in [3.8, 4) is 0 Å². The van der Waals surface area contributed by atoms with Crippen molar-refractivity contribution in [2.24, 2.45) is 0 Å². The van der Waals surface area contributed by atoms with Gasteiger partial charge in [0.25, 0.3) is 5.69 Å². The first kappa shape index (κ1) is 12.8. The molecule has 0 heterocycles. The minimum atomic E-state index is -0.497. The summed E-state index contributed by atoms with van der Waals surface area (Å²) in [7, 11) is 0. The number of aliphatic hydroxyl groups is 2. The summed E-state index contributed by atoms with van der Waals surface area (Å²) in [5.41, 5.74) is 1.06. The number of rotatable bonds is 6. The molecule has 18 heavy (non-hydrogen) atoms. The third kappa shape index (κ3) is 2.60. The van der Waals surface area contributed by atoms with Crippen molar-refractivity contribution >= 4 is 11.4 Å². The Hall–Kier alpha value is -1.66. The van der Waals surface area contributed by atoms with Crippen LogP contribution in [0, 0.1) is 10.1 Å². The maximum Gasteiger partial charge on any atom is 0.275 e. The molecule has 2 rings (SSSR count). The molecule has 0 atom stereocenters. The SMILES string of the molecule is O=[N+]([O-])c1ccc(N(CCO)C2CC2)cc1CO. The fourth-order valence-electron chi connectivity index (χ4n) is 2.07. The molecule has 0 saturated heterocycles. The van der Waals surface area contributed by atoms with E-state index in [4.69, 9.17) is 5.11 Å². The van der Waals surface area contributed by atoms with Gasteiger partial charge in [-0.15, -0.1) is 0 Å². The number of anilines is 1. The Kier molecular flexibility index (Phi) is 3.78. The average Bonchev–Trinajstić information content (AvgIpc) is 3.19. The maximum absolute atomic E-state index is 10.8. The summed E-state index contributed by atoms with van der Waals surface area (Å²) in [6.45, 7) is 0.192. The van der Waals surface area contributed by atoms with Gasteiger partial charge in [-0.1, -0.05) is 0 Å². The van der Waals surface area contributed by atoms with E-state index < -0.39 is 4.92 Å². The maximum atomic E-state index is 10.8. The van der Waals surface area contributed by atoms with Gasteiger partial charge in [0, 0.05) is 24.3 Å². The van der Waals surface area contributed by atoms with Crippen LogP contribution in [0.1, 0.15) is 18.4 Å². The number of aliphatic hydroxyl groups excluding tert-OH is 2. The first-order valence-electron chi connectivity index (χ1n) is 5.93. The molecule has 1 fully saturated rings. The molecule has 1 aliphatic rings. The van der Waals surface area contributed by atoms with Crippen molar-refractivity contribution < 1.29 is 15.1 Å². The van der Waals surface area contributed by atoms with Crippen molar-refractivity contribution in [1.29, 1.82) is 0 Å². The number of hydrogen-bond donors (Lipinski definition) is 2. The lowest BCUT2D eigenvalue weighted by atomic mass is 10.1. The van der Waals surface area contributed by atoms with Crippen LogP contribution in [-0.2, 0) is 6.61 Å². The van der Waals surface area contributed by atoms with Crippen molar-refractivity contribution in [2.75, 3.05) is 18.1 Å². The molecule has 0 aliphatic heterocycles. The minimum Gasteiger partial charge on any atom is -0.395 e. The zero-order valence-electron chi connectivity index (χ0n) is 9.95. The summed E-state index contributed by atoms with van der Waals surface area (Å²) in [6.07, 6.45) is 2.15. The average molecular weight is 252 g/mol. The van der Waals surface area contributed by atoms with E-state index in [0.29, 0.717) is 18.2 Å². The van der Waals surface area contributed by atoms with Crippen LogP contribution in [0.3, 0.4) is 0 Å². The molecule has 0 bridgehead atoms. The molecular formula is C12H16N2O4. The van der Waals surface area contributed by atoms with E-state index >= 15 is 0 Å². The second-order valence-corrected chi connectivity index (χ2v) is 4.38. The molecule has 98 valence electrons. The highest BCUT2D eigenvalue weighted by atomic mass is 16.6. The Balaban J connectivity index is 2.30. The monoisotopic (exact) mass is 252 g/mol. The summed E-state index contributed by atoms with van der Waals surface area (Å²) < 4.78 is 0. The van der Waals surface area contributed by atoms with Crippen LogP contribution in [0.15, 0.2) is 18.2 Å². The van der Waals surface area contributed by atoms with Crippen molar-refractivity contribution in [3.05, 3.63) is 33.9 Å². The van der Waals surface area contributed by atoms with Gasteiger partial charge in [-0.25, -0.2) is 0 Å². The van der Waals surface area contributed by atoms with Gasteiger partial charge in [-0.2, -0.15) is 0 Å². The molecule has 2 N–H and O–H groups in total. The summed E-state index contributed by atoms with van der Waals surface area (Å²) in [6, 6.07) is 5.12. The van der Waals surface area contributed by atoms with Crippen molar-refractivity contribution in [2.45, 2.75) is 25.5 Å². The Morgan fingerprint density at radius 2 is 2.11 bits per heavy atom. The lowest BCUT2D eigenvalue weighted by Gasteiger charge is -2.24. The summed E-state index contributed by atoms with van der Waals surface area (Å²) in [5.74, 6) is 0. The topological polar surface area (TPSA) is 86.8 Å². The second-order valence-electron chi connectivity index (χ2n) is 4.38. The fraction of sp³-hybridized carbons (Fsp3) is 0.500. The summed E-state index contributed by atoms with van der Waals surface area (Å²) in [5, 5.41) is 29.0. The summed E-state index contributed by atoms with van der Waals surface area (Å²) in [4.78, 5) is 12.3. The number of hydrogen-bond acceptors (Lipinski definition) is 5. The largest absolute Gasteiger partial charge is 0.395 e. The smallest absolute Gasteiger partial charge is 0.275 e. The van der Waals surface area contributed by atoms with Crippen LogP contribution in [0.25, 0.3) is 0 Å². The predicted molar refractivity (Wildman–Crippen MR) is 66.5 cm³/mol. The highest BCUT2D eigenvalue weighted by Gasteiger charge is 2.29. The molecule has 6 heteroatoms. The van der Waals surface area contributed by atoms with E-state index in [9.17, 15) is 15.2 Å². The van der Waals surface area contributed by atoms with Crippen LogP contribution in [0.4, 0.5) is 11.4 Å². The number of benzene rings is 1. The molecule has 0 spiro atoms. The van der Waals surface area contributed by atoms with Crippen LogP contribution in [0.2, 0.25) is 0 Å². The molecular weight excluding hydrogens is 236 g/mol. The van der Waals surface area contributed by atoms with Crippen LogP contribution in [-0.4, -0.2) is 34.3 Å². The second kappa shape index (κ2) is 5.32. The Labute approximate surface area is 105 Å². The molecule has 0 aromatic heterocycles. The highest BCUT2D eigenvalue weighted by Crippen LogP contribution is 2.33. The Bertz CT molecular complexity index is 446. The molecule has 6 nitrogen and oxygen atoms in total. The van der Waals surface area contributed by atoms with Gasteiger partial charge < -0.3 is 15.1 Å². The number of nitro groups is 1. The number of nitrogens with zero attached hydrogens (tertiary/aromatic N) is 2. The van der Waals surface area contributed by atoms with E-state index in [1.807, 2.05) is 4.90 Å². The fourth-order valence-corrected chi connectivity index (χ4v) is 2.07. The van der Waals surface area contributed by atoms with E-state index in [2.05, 4.69) is 0 Å².